The molecular formula is C14H20N2O3. The van der Waals surface area contributed by atoms with Crippen molar-refractivity contribution in [3.05, 3.63) is 24.3 Å². The Labute approximate surface area is 113 Å². The molecule has 2 N–H and O–H groups in total. The third-order valence-corrected chi connectivity index (χ3v) is 3.34. The van der Waals surface area contributed by atoms with Crippen LogP contribution in [-0.4, -0.2) is 43.4 Å². The molecule has 0 radical (unpaired) electrons. The van der Waals surface area contributed by atoms with Crippen molar-refractivity contribution < 1.29 is 14.6 Å². The number of carbonyl (C=O) groups is 1. The maximum atomic E-state index is 11.5. The van der Waals surface area contributed by atoms with Crippen LogP contribution >= 0.6 is 0 Å². The van der Waals surface area contributed by atoms with Crippen LogP contribution < -0.4 is 15.0 Å². The summed E-state index contributed by atoms with van der Waals surface area (Å²) in [6.07, 6.45) is -0.0865. The molecule has 1 amide bonds. The molecule has 1 aromatic carbocycles. The van der Waals surface area contributed by atoms with E-state index in [-0.39, 0.29) is 11.9 Å². The molecule has 0 saturated carbocycles. The fraction of sp³-hybridized carbons (Fsp3) is 0.500. The minimum Gasteiger partial charge on any atom is -0.495 e. The second kappa shape index (κ2) is 5.93. The molecule has 5 heteroatoms. The number of methoxy groups -OCH3 is 1. The maximum absolute atomic E-state index is 11.5. The van der Waals surface area contributed by atoms with E-state index >= 15 is 0 Å². The number of benzene rings is 1. The van der Waals surface area contributed by atoms with E-state index in [4.69, 9.17) is 4.74 Å². The van der Waals surface area contributed by atoms with E-state index in [1.807, 2.05) is 24.3 Å². The standard InChI is InChI=1S/C14H20N2O3/c1-10(17)14(18)15-11-7-8-16(9-11)12-5-3-4-6-13(12)19-2/h3-6,10-11,17H,7-9H2,1-2H3,(H,15,18)/t10-,11+/m0/s1. The number of amides is 1. The van der Waals surface area contributed by atoms with Gasteiger partial charge in [-0.15, -0.1) is 0 Å². The van der Waals surface area contributed by atoms with Crippen LogP contribution in [0.5, 0.6) is 5.75 Å². The van der Waals surface area contributed by atoms with Crippen molar-refractivity contribution in [3.8, 4) is 5.75 Å². The Balaban J connectivity index is 2.00. The third kappa shape index (κ3) is 3.17. The van der Waals surface area contributed by atoms with Gasteiger partial charge < -0.3 is 20.1 Å². The minimum absolute atomic E-state index is 0.0759. The molecule has 0 bridgehead atoms. The summed E-state index contributed by atoms with van der Waals surface area (Å²) in [5, 5.41) is 12.0. The third-order valence-electron chi connectivity index (χ3n) is 3.34. The fourth-order valence-electron chi connectivity index (χ4n) is 2.31. The van der Waals surface area contributed by atoms with Crippen LogP contribution in [0.2, 0.25) is 0 Å². The lowest BCUT2D eigenvalue weighted by atomic mass is 10.2. The van der Waals surface area contributed by atoms with Crippen LogP contribution in [-0.2, 0) is 4.79 Å². The zero-order valence-corrected chi connectivity index (χ0v) is 11.3. The van der Waals surface area contributed by atoms with E-state index in [0.717, 1.165) is 30.9 Å². The number of nitrogens with one attached hydrogen (secondary N) is 1. The first kappa shape index (κ1) is 13.7. The lowest BCUT2D eigenvalue weighted by Crippen LogP contribution is -2.41. The van der Waals surface area contributed by atoms with Gasteiger partial charge in [-0.25, -0.2) is 0 Å². The van der Waals surface area contributed by atoms with Crippen molar-refractivity contribution in [2.45, 2.75) is 25.5 Å². The first-order valence-corrected chi connectivity index (χ1v) is 6.48. The summed E-state index contributed by atoms with van der Waals surface area (Å²) >= 11 is 0. The predicted octanol–water partition coefficient (Wildman–Crippen LogP) is 0.771. The van der Waals surface area contributed by atoms with Crippen LogP contribution in [0, 0.1) is 0 Å². The second-order valence-electron chi connectivity index (χ2n) is 4.79. The molecule has 1 aliphatic rings. The molecule has 1 fully saturated rings. The highest BCUT2D eigenvalue weighted by Gasteiger charge is 2.26. The number of carbonyl (C=O) groups excluding carboxylic acids is 1. The second-order valence-corrected chi connectivity index (χ2v) is 4.79. The summed E-state index contributed by atoms with van der Waals surface area (Å²) in [5.74, 6) is 0.525. The first-order valence-electron chi connectivity index (χ1n) is 6.48. The van der Waals surface area contributed by atoms with Gasteiger partial charge in [0.15, 0.2) is 0 Å². The quantitative estimate of drug-likeness (QED) is 0.843. The van der Waals surface area contributed by atoms with Crippen molar-refractivity contribution in [2.75, 3.05) is 25.1 Å². The normalized spacial score (nSPS) is 20.2. The number of anilines is 1. The summed E-state index contributed by atoms with van der Waals surface area (Å²) in [6, 6.07) is 7.92. The highest BCUT2D eigenvalue weighted by Crippen LogP contribution is 2.30. The summed E-state index contributed by atoms with van der Waals surface area (Å²) in [7, 11) is 1.65. The Hall–Kier alpha value is -1.75. The molecule has 1 aliphatic heterocycles. The first-order chi connectivity index (χ1) is 9.11. The molecule has 0 unspecified atom stereocenters. The van der Waals surface area contributed by atoms with Crippen LogP contribution in [0.3, 0.4) is 0 Å². The number of hydrogen-bond acceptors (Lipinski definition) is 4. The predicted molar refractivity (Wildman–Crippen MR) is 73.4 cm³/mol. The van der Waals surface area contributed by atoms with Crippen molar-refractivity contribution in [3.63, 3.8) is 0 Å². The topological polar surface area (TPSA) is 61.8 Å². The van der Waals surface area contributed by atoms with Gasteiger partial charge in [0.05, 0.1) is 12.8 Å². The highest BCUT2D eigenvalue weighted by molar-refractivity contribution is 5.80. The largest absolute Gasteiger partial charge is 0.495 e. The zero-order valence-electron chi connectivity index (χ0n) is 11.3. The molecule has 0 aromatic heterocycles. The fourth-order valence-corrected chi connectivity index (χ4v) is 2.31. The average molecular weight is 264 g/mol. The molecule has 2 atom stereocenters. The molecule has 1 heterocycles. The summed E-state index contributed by atoms with van der Waals surface area (Å²) in [5.41, 5.74) is 1.04. The number of ether oxygens (including phenoxy) is 1. The van der Waals surface area contributed by atoms with Gasteiger partial charge in [0, 0.05) is 19.1 Å². The van der Waals surface area contributed by atoms with Crippen molar-refractivity contribution in [1.82, 2.24) is 5.32 Å². The number of aliphatic hydroxyl groups is 1. The molecule has 2 rings (SSSR count). The van der Waals surface area contributed by atoms with Crippen molar-refractivity contribution in [2.24, 2.45) is 0 Å². The van der Waals surface area contributed by atoms with Gasteiger partial charge >= 0.3 is 0 Å². The number of rotatable bonds is 4. The van der Waals surface area contributed by atoms with E-state index < -0.39 is 6.10 Å². The Kier molecular flexibility index (Phi) is 4.27. The van der Waals surface area contributed by atoms with E-state index in [2.05, 4.69) is 10.2 Å². The lowest BCUT2D eigenvalue weighted by Gasteiger charge is -2.21. The molecule has 5 nitrogen and oxygen atoms in total. The Bertz CT molecular complexity index is 448. The number of para-hydroxylation sites is 2. The van der Waals surface area contributed by atoms with Gasteiger partial charge in [0.2, 0.25) is 5.91 Å². The average Bonchev–Trinajstić information content (AvgIpc) is 2.86. The Morgan fingerprint density at radius 3 is 2.95 bits per heavy atom. The van der Waals surface area contributed by atoms with Gasteiger partial charge in [0.25, 0.3) is 0 Å². The molecule has 1 aromatic rings. The van der Waals surface area contributed by atoms with Gasteiger partial charge in [0.1, 0.15) is 11.9 Å². The molecule has 104 valence electrons. The maximum Gasteiger partial charge on any atom is 0.248 e. The molecule has 19 heavy (non-hydrogen) atoms. The zero-order chi connectivity index (χ0) is 13.8. The molecular weight excluding hydrogens is 244 g/mol. The van der Waals surface area contributed by atoms with E-state index in [1.165, 1.54) is 6.92 Å². The van der Waals surface area contributed by atoms with Crippen molar-refractivity contribution in [1.29, 1.82) is 0 Å². The molecule has 0 aliphatic carbocycles. The molecule has 1 saturated heterocycles. The van der Waals surface area contributed by atoms with Crippen LogP contribution in [0.1, 0.15) is 13.3 Å². The number of hydrogen-bond donors (Lipinski definition) is 2. The summed E-state index contributed by atoms with van der Waals surface area (Å²) in [4.78, 5) is 13.6. The van der Waals surface area contributed by atoms with Gasteiger partial charge in [-0.2, -0.15) is 0 Å². The SMILES string of the molecule is COc1ccccc1N1CC[C@@H](NC(=O)[C@H](C)O)C1. The lowest BCUT2D eigenvalue weighted by molar-refractivity contribution is -0.129. The molecule has 0 spiro atoms. The van der Waals surface area contributed by atoms with Crippen LogP contribution in [0.4, 0.5) is 5.69 Å². The van der Waals surface area contributed by atoms with Crippen LogP contribution in [0.15, 0.2) is 24.3 Å². The highest BCUT2D eigenvalue weighted by atomic mass is 16.5. The van der Waals surface area contributed by atoms with E-state index in [9.17, 15) is 9.90 Å². The minimum atomic E-state index is -0.958. The number of aliphatic hydroxyl groups excluding tert-OH is 1. The Morgan fingerprint density at radius 1 is 1.53 bits per heavy atom. The van der Waals surface area contributed by atoms with Crippen molar-refractivity contribution >= 4 is 11.6 Å². The van der Waals surface area contributed by atoms with Gasteiger partial charge in [-0.1, -0.05) is 12.1 Å². The van der Waals surface area contributed by atoms with Crippen LogP contribution in [0.25, 0.3) is 0 Å². The monoisotopic (exact) mass is 264 g/mol. The van der Waals surface area contributed by atoms with Gasteiger partial charge in [-0.05, 0) is 25.5 Å². The number of nitrogens with zero attached hydrogens (tertiary/aromatic N) is 1. The van der Waals surface area contributed by atoms with E-state index in [1.54, 1.807) is 7.11 Å². The Morgan fingerprint density at radius 2 is 2.26 bits per heavy atom. The summed E-state index contributed by atoms with van der Waals surface area (Å²) in [6.45, 7) is 3.08. The van der Waals surface area contributed by atoms with E-state index in [0.29, 0.717) is 0 Å². The smallest absolute Gasteiger partial charge is 0.248 e. The summed E-state index contributed by atoms with van der Waals surface area (Å²) < 4.78 is 5.34. The van der Waals surface area contributed by atoms with Gasteiger partial charge in [-0.3, -0.25) is 4.79 Å².